The Hall–Kier alpha value is -1.65. The summed E-state index contributed by atoms with van der Waals surface area (Å²) in [6, 6.07) is 1.62. The van der Waals surface area contributed by atoms with Crippen LogP contribution in [0, 0.1) is 5.41 Å². The molecule has 1 amide bonds. The molecule has 1 aromatic carbocycles. The zero-order valence-corrected chi connectivity index (χ0v) is 22.3. The van der Waals surface area contributed by atoms with E-state index in [0.717, 1.165) is 25.0 Å². The van der Waals surface area contributed by atoms with Crippen molar-refractivity contribution in [3.8, 4) is 11.5 Å². The second kappa shape index (κ2) is 13.6. The van der Waals surface area contributed by atoms with E-state index in [0.29, 0.717) is 6.67 Å². The number of hydrogen-bond donors (Lipinski definition) is 2. The molecule has 0 aliphatic carbocycles. The molecule has 1 aliphatic rings. The number of ether oxygens (including phenoxy) is 2. The lowest BCUT2D eigenvalue weighted by Crippen LogP contribution is -2.38. The van der Waals surface area contributed by atoms with Crippen molar-refractivity contribution in [2.75, 3.05) is 20.9 Å². The molecule has 1 aromatic rings. The van der Waals surface area contributed by atoms with Crippen LogP contribution >= 0.6 is 11.9 Å². The Morgan fingerprint density at radius 2 is 1.66 bits per heavy atom. The van der Waals surface area contributed by atoms with Gasteiger partial charge in [-0.25, -0.2) is 0 Å². The highest BCUT2D eigenvalue weighted by atomic mass is 32.2. The predicted molar refractivity (Wildman–Crippen MR) is 134 cm³/mol. The smallest absolute Gasteiger partial charge is 0.416 e. The van der Waals surface area contributed by atoms with Crippen LogP contribution in [0.25, 0.3) is 0 Å². The first-order chi connectivity index (χ1) is 16.6. The average Bonchev–Trinajstić information content (AvgIpc) is 3.30. The molecular formula is C25H40F3N3O3S. The fraction of sp³-hybridized carbons (Fsp3) is 0.720. The van der Waals surface area contributed by atoms with Crippen LogP contribution in [-0.4, -0.2) is 36.6 Å². The number of unbranched alkanes of at least 4 members (excludes halogenated alkanes) is 6. The maximum atomic E-state index is 13.2. The molecule has 0 saturated carbocycles. The Kier molecular flexibility index (Phi) is 11.5. The van der Waals surface area contributed by atoms with Gasteiger partial charge in [0.1, 0.15) is 17.1 Å². The monoisotopic (exact) mass is 519 g/mol. The van der Waals surface area contributed by atoms with Crippen molar-refractivity contribution in [3.05, 3.63) is 23.3 Å². The van der Waals surface area contributed by atoms with Crippen molar-refractivity contribution in [1.82, 2.24) is 15.2 Å². The number of halogens is 3. The van der Waals surface area contributed by atoms with Crippen LogP contribution in [0.3, 0.4) is 0 Å². The first-order valence-electron chi connectivity index (χ1n) is 12.4. The standard InChI is InChI=1S/C25H40F3N3O3S/c1-6-8-9-10-11-12-13-14-24(3,7-2)23-29-17-31(35-23)30-22(32)21-19(33-4)15-18(25(26,27)28)16-20(21)34-5/h15-16,23,29H,6-14,17H2,1-5H3,(H,30,32). The molecule has 1 heterocycles. The predicted octanol–water partition coefficient (Wildman–Crippen LogP) is 6.76. The van der Waals surface area contributed by atoms with Crippen molar-refractivity contribution < 1.29 is 27.4 Å². The third-order valence-electron chi connectivity index (χ3n) is 6.73. The Labute approximate surface area is 211 Å². The van der Waals surface area contributed by atoms with Gasteiger partial charge in [0.15, 0.2) is 0 Å². The van der Waals surface area contributed by atoms with Gasteiger partial charge in [-0.3, -0.25) is 15.5 Å². The highest BCUT2D eigenvalue weighted by Crippen LogP contribution is 2.42. The maximum absolute atomic E-state index is 13.2. The summed E-state index contributed by atoms with van der Waals surface area (Å²) >= 11 is 1.50. The molecule has 2 N–H and O–H groups in total. The summed E-state index contributed by atoms with van der Waals surface area (Å²) in [6.45, 7) is 7.09. The van der Waals surface area contributed by atoms with E-state index >= 15 is 0 Å². The highest BCUT2D eigenvalue weighted by molar-refractivity contribution is 7.97. The molecule has 35 heavy (non-hydrogen) atoms. The number of hydrazine groups is 1. The van der Waals surface area contributed by atoms with Crippen LogP contribution < -0.4 is 20.2 Å². The summed E-state index contributed by atoms with van der Waals surface area (Å²) in [5.74, 6) is -0.979. The fourth-order valence-corrected chi connectivity index (χ4v) is 5.48. The van der Waals surface area contributed by atoms with Crippen LogP contribution in [0.5, 0.6) is 11.5 Å². The van der Waals surface area contributed by atoms with Gasteiger partial charge in [-0.2, -0.15) is 13.2 Å². The number of methoxy groups -OCH3 is 2. The number of nitrogens with zero attached hydrogens (tertiary/aromatic N) is 1. The van der Waals surface area contributed by atoms with Crippen LogP contribution in [0.2, 0.25) is 0 Å². The van der Waals surface area contributed by atoms with Crippen LogP contribution in [0.4, 0.5) is 13.2 Å². The summed E-state index contributed by atoms with van der Waals surface area (Å²) in [5.41, 5.74) is 1.82. The van der Waals surface area contributed by atoms with E-state index < -0.39 is 17.6 Å². The molecule has 6 nitrogen and oxygen atoms in total. The van der Waals surface area contributed by atoms with Gasteiger partial charge < -0.3 is 9.47 Å². The van der Waals surface area contributed by atoms with Crippen molar-refractivity contribution in [2.45, 2.75) is 90.1 Å². The first kappa shape index (κ1) is 29.6. The molecule has 0 aromatic heterocycles. The quantitative estimate of drug-likeness (QED) is 0.209. The van der Waals surface area contributed by atoms with Crippen LogP contribution in [0.15, 0.2) is 12.1 Å². The number of alkyl halides is 3. The molecule has 2 atom stereocenters. The summed E-state index contributed by atoms with van der Waals surface area (Å²) in [6.07, 6.45) is 6.33. The largest absolute Gasteiger partial charge is 0.496 e. The molecule has 200 valence electrons. The number of amides is 1. The van der Waals surface area contributed by atoms with E-state index in [1.165, 1.54) is 71.1 Å². The van der Waals surface area contributed by atoms with E-state index in [1.54, 1.807) is 4.41 Å². The molecule has 0 radical (unpaired) electrons. The van der Waals surface area contributed by atoms with Gasteiger partial charge in [0.05, 0.1) is 31.8 Å². The summed E-state index contributed by atoms with van der Waals surface area (Å²) in [4.78, 5) is 13.0. The second-order valence-corrected chi connectivity index (χ2v) is 10.4. The Morgan fingerprint density at radius 3 is 2.17 bits per heavy atom. The van der Waals surface area contributed by atoms with Crippen molar-refractivity contribution >= 4 is 17.9 Å². The maximum Gasteiger partial charge on any atom is 0.416 e. The number of hydrogen-bond acceptors (Lipinski definition) is 6. The number of nitrogens with one attached hydrogen (secondary N) is 2. The van der Waals surface area contributed by atoms with E-state index in [1.807, 2.05) is 0 Å². The minimum atomic E-state index is -4.59. The van der Waals surface area contributed by atoms with E-state index in [-0.39, 0.29) is 27.9 Å². The lowest BCUT2D eigenvalue weighted by molar-refractivity contribution is -0.137. The van der Waals surface area contributed by atoms with E-state index in [2.05, 4.69) is 31.5 Å². The van der Waals surface area contributed by atoms with E-state index in [9.17, 15) is 18.0 Å². The van der Waals surface area contributed by atoms with Gasteiger partial charge >= 0.3 is 6.18 Å². The van der Waals surface area contributed by atoms with Gasteiger partial charge in [0, 0.05) is 0 Å². The third kappa shape index (κ3) is 8.18. The number of carbonyl (C=O) groups is 1. The zero-order chi connectivity index (χ0) is 26.1. The summed E-state index contributed by atoms with van der Waals surface area (Å²) in [5, 5.41) is 3.59. The lowest BCUT2D eigenvalue weighted by Gasteiger charge is -2.34. The SMILES string of the molecule is CCCCCCCCCC(C)(CC)C1NCN(NC(=O)c2c(OC)cc(C(F)(F)F)cc2OC)S1. The molecule has 2 unspecified atom stereocenters. The summed E-state index contributed by atoms with van der Waals surface area (Å²) in [7, 11) is 2.45. The minimum absolute atomic E-state index is 0.0529. The van der Waals surface area contributed by atoms with E-state index in [4.69, 9.17) is 9.47 Å². The zero-order valence-electron chi connectivity index (χ0n) is 21.5. The van der Waals surface area contributed by atoms with Gasteiger partial charge in [-0.15, -0.1) is 4.41 Å². The minimum Gasteiger partial charge on any atom is -0.496 e. The Balaban J connectivity index is 2.00. The molecule has 10 heteroatoms. The van der Waals surface area contributed by atoms with Crippen molar-refractivity contribution in [2.24, 2.45) is 5.41 Å². The molecule has 1 aliphatic heterocycles. The molecule has 1 fully saturated rings. The van der Waals surface area contributed by atoms with Crippen molar-refractivity contribution in [3.63, 3.8) is 0 Å². The normalized spacial score (nSPS) is 18.3. The molecule has 0 bridgehead atoms. The van der Waals surface area contributed by atoms with Gasteiger partial charge in [0.25, 0.3) is 5.91 Å². The topological polar surface area (TPSA) is 62.8 Å². The van der Waals surface area contributed by atoms with Crippen LogP contribution in [0.1, 0.15) is 94.5 Å². The van der Waals surface area contributed by atoms with Gasteiger partial charge in [-0.05, 0) is 42.3 Å². The second-order valence-electron chi connectivity index (χ2n) is 9.30. The number of rotatable bonds is 14. The first-order valence-corrected chi connectivity index (χ1v) is 13.2. The fourth-order valence-electron chi connectivity index (χ4n) is 4.25. The van der Waals surface area contributed by atoms with Gasteiger partial charge in [-0.1, -0.05) is 65.7 Å². The average molecular weight is 520 g/mol. The van der Waals surface area contributed by atoms with Crippen molar-refractivity contribution in [1.29, 1.82) is 0 Å². The Morgan fingerprint density at radius 1 is 1.09 bits per heavy atom. The number of benzene rings is 1. The Bertz CT molecular complexity index is 800. The lowest BCUT2D eigenvalue weighted by atomic mass is 9.81. The molecule has 2 rings (SSSR count). The van der Waals surface area contributed by atoms with Gasteiger partial charge in [0.2, 0.25) is 0 Å². The highest BCUT2D eigenvalue weighted by Gasteiger charge is 2.39. The molecular weight excluding hydrogens is 479 g/mol. The van der Waals surface area contributed by atoms with Crippen LogP contribution in [-0.2, 0) is 6.18 Å². The molecule has 0 spiro atoms. The molecule has 1 saturated heterocycles. The number of carbonyl (C=O) groups excluding carboxylic acids is 1. The third-order valence-corrected chi connectivity index (χ3v) is 8.15. The summed E-state index contributed by atoms with van der Waals surface area (Å²) < 4.78 is 51.6.